The minimum Gasteiger partial charge on any atom is -0.462 e. The number of carbonyl (C=O) groups is 1. The summed E-state index contributed by atoms with van der Waals surface area (Å²) in [6.07, 6.45) is -4.43. The molecule has 0 unspecified atom stereocenters. The molecule has 0 aliphatic carbocycles. The van der Waals surface area contributed by atoms with Crippen molar-refractivity contribution in [3.05, 3.63) is 40.8 Å². The van der Waals surface area contributed by atoms with Crippen LogP contribution in [0.4, 0.5) is 13.2 Å². The molecule has 20 heavy (non-hydrogen) atoms. The molecule has 2 rings (SSSR count). The average Bonchev–Trinajstić information content (AvgIpc) is 2.87. The second kappa shape index (κ2) is 5.62. The Morgan fingerprint density at radius 3 is 2.80 bits per heavy atom. The van der Waals surface area contributed by atoms with E-state index in [1.54, 1.807) is 6.92 Å². The lowest BCUT2D eigenvalue weighted by Gasteiger charge is -2.08. The number of aromatic nitrogens is 1. The number of nitrogens with zero attached hydrogens (tertiary/aromatic N) is 1. The summed E-state index contributed by atoms with van der Waals surface area (Å²) in [5.74, 6) is -0.589. The molecule has 0 atom stereocenters. The van der Waals surface area contributed by atoms with E-state index in [0.29, 0.717) is 0 Å². The van der Waals surface area contributed by atoms with Crippen molar-refractivity contribution in [3.8, 4) is 11.3 Å². The minimum absolute atomic E-state index is 0.177. The molecule has 1 aromatic heterocycles. The highest BCUT2D eigenvalue weighted by Gasteiger charge is 2.31. The molecule has 0 N–H and O–H groups in total. The summed E-state index contributed by atoms with van der Waals surface area (Å²) in [5, 5.41) is 1.47. The SMILES string of the molecule is CCOC(=O)c1csnc1-c1cccc(C(F)(F)F)c1. The maximum absolute atomic E-state index is 12.7. The van der Waals surface area contributed by atoms with Crippen LogP contribution in [-0.4, -0.2) is 16.9 Å². The Labute approximate surface area is 117 Å². The second-order valence-corrected chi connectivity index (χ2v) is 4.50. The van der Waals surface area contributed by atoms with Crippen LogP contribution in [0.15, 0.2) is 29.6 Å². The van der Waals surface area contributed by atoms with Gasteiger partial charge < -0.3 is 4.74 Å². The van der Waals surface area contributed by atoms with E-state index >= 15 is 0 Å². The predicted molar refractivity (Wildman–Crippen MR) is 68.5 cm³/mol. The van der Waals surface area contributed by atoms with Crippen molar-refractivity contribution in [2.24, 2.45) is 0 Å². The van der Waals surface area contributed by atoms with E-state index in [-0.39, 0.29) is 23.4 Å². The number of hydrogen-bond donors (Lipinski definition) is 0. The zero-order valence-corrected chi connectivity index (χ0v) is 11.2. The molecular formula is C13H10F3NO2S. The first-order valence-electron chi connectivity index (χ1n) is 5.72. The van der Waals surface area contributed by atoms with Gasteiger partial charge in [0, 0.05) is 10.9 Å². The van der Waals surface area contributed by atoms with Gasteiger partial charge in [-0.05, 0) is 30.6 Å². The third-order valence-electron chi connectivity index (χ3n) is 2.53. The predicted octanol–water partition coefficient (Wildman–Crippen LogP) is 4.01. The van der Waals surface area contributed by atoms with Gasteiger partial charge in [-0.2, -0.15) is 17.5 Å². The molecule has 3 nitrogen and oxygen atoms in total. The lowest BCUT2D eigenvalue weighted by atomic mass is 10.1. The van der Waals surface area contributed by atoms with Crippen molar-refractivity contribution in [3.63, 3.8) is 0 Å². The Hall–Kier alpha value is -1.89. The molecule has 1 aromatic carbocycles. The molecule has 7 heteroatoms. The molecule has 0 spiro atoms. The third kappa shape index (κ3) is 2.98. The monoisotopic (exact) mass is 301 g/mol. The van der Waals surface area contributed by atoms with E-state index < -0.39 is 17.7 Å². The molecule has 0 aliphatic heterocycles. The smallest absolute Gasteiger partial charge is 0.416 e. The summed E-state index contributed by atoms with van der Waals surface area (Å²) in [4.78, 5) is 11.7. The summed E-state index contributed by atoms with van der Waals surface area (Å²) in [6, 6.07) is 4.71. The molecule has 1 heterocycles. The Morgan fingerprint density at radius 2 is 2.15 bits per heavy atom. The van der Waals surface area contributed by atoms with Gasteiger partial charge >= 0.3 is 12.1 Å². The molecule has 0 amide bonds. The van der Waals surface area contributed by atoms with E-state index in [2.05, 4.69) is 4.37 Å². The Balaban J connectivity index is 2.43. The highest BCUT2D eigenvalue weighted by atomic mass is 32.1. The number of halogens is 3. The Morgan fingerprint density at radius 1 is 1.40 bits per heavy atom. The molecule has 0 aliphatic rings. The van der Waals surface area contributed by atoms with Crippen molar-refractivity contribution < 1.29 is 22.7 Å². The number of hydrogen-bond acceptors (Lipinski definition) is 4. The number of alkyl halides is 3. The van der Waals surface area contributed by atoms with E-state index in [0.717, 1.165) is 23.7 Å². The number of carbonyl (C=O) groups excluding carboxylic acids is 1. The van der Waals surface area contributed by atoms with Crippen LogP contribution in [0.25, 0.3) is 11.3 Å². The van der Waals surface area contributed by atoms with Crippen LogP contribution in [0.5, 0.6) is 0 Å². The van der Waals surface area contributed by atoms with Gasteiger partial charge in [0.15, 0.2) is 0 Å². The van der Waals surface area contributed by atoms with Crippen LogP contribution in [0.3, 0.4) is 0 Å². The van der Waals surface area contributed by atoms with E-state index in [1.165, 1.54) is 17.5 Å². The standard InChI is InChI=1S/C13H10F3NO2S/c1-2-19-12(18)10-7-20-17-11(10)8-4-3-5-9(6-8)13(14,15)16/h3-7H,2H2,1H3. The number of rotatable bonds is 3. The van der Waals surface area contributed by atoms with Gasteiger partial charge in [0.2, 0.25) is 0 Å². The van der Waals surface area contributed by atoms with Crippen molar-refractivity contribution in [2.75, 3.05) is 6.61 Å². The highest BCUT2D eigenvalue weighted by molar-refractivity contribution is 7.04. The summed E-state index contributed by atoms with van der Waals surface area (Å²) >= 11 is 0.997. The fraction of sp³-hybridized carbons (Fsp3) is 0.231. The zero-order valence-electron chi connectivity index (χ0n) is 10.4. The van der Waals surface area contributed by atoms with E-state index in [1.807, 2.05) is 0 Å². The van der Waals surface area contributed by atoms with Gasteiger partial charge in [-0.15, -0.1) is 0 Å². The van der Waals surface area contributed by atoms with Gasteiger partial charge in [-0.25, -0.2) is 4.79 Å². The van der Waals surface area contributed by atoms with E-state index in [9.17, 15) is 18.0 Å². The third-order valence-corrected chi connectivity index (χ3v) is 3.16. The lowest BCUT2D eigenvalue weighted by molar-refractivity contribution is -0.137. The molecule has 2 aromatic rings. The van der Waals surface area contributed by atoms with Gasteiger partial charge in [0.1, 0.15) is 0 Å². The van der Waals surface area contributed by atoms with Crippen LogP contribution in [0.1, 0.15) is 22.8 Å². The molecule has 106 valence electrons. The Bertz CT molecular complexity index is 622. The summed E-state index contributed by atoms with van der Waals surface area (Å²) < 4.78 is 46.9. The van der Waals surface area contributed by atoms with Gasteiger partial charge in [0.05, 0.1) is 23.4 Å². The number of ether oxygens (including phenoxy) is 1. The fourth-order valence-corrected chi connectivity index (χ4v) is 2.32. The van der Waals surface area contributed by atoms with Crippen LogP contribution >= 0.6 is 11.5 Å². The molecule has 0 bridgehead atoms. The average molecular weight is 301 g/mol. The first-order chi connectivity index (χ1) is 9.43. The van der Waals surface area contributed by atoms with Crippen molar-refractivity contribution in [1.82, 2.24) is 4.37 Å². The fourth-order valence-electron chi connectivity index (χ4n) is 1.64. The quantitative estimate of drug-likeness (QED) is 0.804. The minimum atomic E-state index is -4.43. The largest absolute Gasteiger partial charge is 0.462 e. The molecular weight excluding hydrogens is 291 g/mol. The highest BCUT2D eigenvalue weighted by Crippen LogP contribution is 2.33. The zero-order chi connectivity index (χ0) is 14.8. The van der Waals surface area contributed by atoms with Crippen LogP contribution < -0.4 is 0 Å². The Kier molecular flexibility index (Phi) is 4.08. The molecule has 0 saturated carbocycles. The van der Waals surface area contributed by atoms with Crippen molar-refractivity contribution >= 4 is 17.5 Å². The summed E-state index contributed by atoms with van der Waals surface area (Å²) in [6.45, 7) is 1.85. The maximum Gasteiger partial charge on any atom is 0.416 e. The molecule has 0 radical (unpaired) electrons. The summed E-state index contributed by atoms with van der Waals surface area (Å²) in [7, 11) is 0. The molecule has 0 fully saturated rings. The number of esters is 1. The normalized spacial score (nSPS) is 11.4. The van der Waals surface area contributed by atoms with Crippen LogP contribution in [0, 0.1) is 0 Å². The van der Waals surface area contributed by atoms with Gasteiger partial charge in [-0.3, -0.25) is 0 Å². The maximum atomic E-state index is 12.7. The van der Waals surface area contributed by atoms with Crippen molar-refractivity contribution in [2.45, 2.75) is 13.1 Å². The first-order valence-corrected chi connectivity index (χ1v) is 6.56. The second-order valence-electron chi connectivity index (χ2n) is 3.88. The van der Waals surface area contributed by atoms with Crippen LogP contribution in [0.2, 0.25) is 0 Å². The molecule has 0 saturated heterocycles. The first kappa shape index (κ1) is 14.5. The van der Waals surface area contributed by atoms with E-state index in [4.69, 9.17) is 4.74 Å². The van der Waals surface area contributed by atoms with Crippen LogP contribution in [-0.2, 0) is 10.9 Å². The van der Waals surface area contributed by atoms with Gasteiger partial charge in [0.25, 0.3) is 0 Å². The topological polar surface area (TPSA) is 39.2 Å². The van der Waals surface area contributed by atoms with Gasteiger partial charge in [-0.1, -0.05) is 12.1 Å². The van der Waals surface area contributed by atoms with Crippen molar-refractivity contribution in [1.29, 1.82) is 0 Å². The summed E-state index contributed by atoms with van der Waals surface area (Å²) in [5.41, 5.74) is -0.155. The number of benzene rings is 1. The lowest BCUT2D eigenvalue weighted by Crippen LogP contribution is -2.06.